The second-order valence-corrected chi connectivity index (χ2v) is 5.26. The first-order valence-corrected chi connectivity index (χ1v) is 7.54. The number of halogens is 1. The lowest BCUT2D eigenvalue weighted by Gasteiger charge is -2.05. The van der Waals surface area contributed by atoms with Crippen LogP contribution in [-0.4, -0.2) is 43.1 Å². The van der Waals surface area contributed by atoms with Gasteiger partial charge in [-0.15, -0.1) is 11.8 Å². The van der Waals surface area contributed by atoms with Gasteiger partial charge in [-0.25, -0.2) is 4.39 Å². The van der Waals surface area contributed by atoms with Crippen molar-refractivity contribution in [2.45, 2.75) is 17.7 Å². The quantitative estimate of drug-likeness (QED) is 0.511. The topological polar surface area (TPSA) is 58.6 Å². The van der Waals surface area contributed by atoms with E-state index in [9.17, 15) is 9.18 Å². The van der Waals surface area contributed by atoms with Crippen molar-refractivity contribution in [3.63, 3.8) is 0 Å². The van der Waals surface area contributed by atoms with Crippen LogP contribution in [-0.2, 0) is 9.53 Å². The highest BCUT2D eigenvalue weighted by Gasteiger charge is 2.01. The lowest BCUT2D eigenvalue weighted by Crippen LogP contribution is -2.25. The lowest BCUT2D eigenvalue weighted by atomic mass is 10.3. The number of carbonyl (C=O) groups excluding carboxylic acids is 1. The summed E-state index contributed by atoms with van der Waals surface area (Å²) in [5.41, 5.74) is 0. The fourth-order valence-electron chi connectivity index (χ4n) is 1.45. The molecule has 0 fully saturated rings. The van der Waals surface area contributed by atoms with Crippen molar-refractivity contribution >= 4 is 17.7 Å². The fourth-order valence-corrected chi connectivity index (χ4v) is 2.30. The van der Waals surface area contributed by atoms with Crippen LogP contribution in [0.4, 0.5) is 4.39 Å². The molecule has 0 radical (unpaired) electrons. The number of ether oxygens (including phenoxy) is 1. The molecule has 0 bridgehead atoms. The van der Waals surface area contributed by atoms with Crippen molar-refractivity contribution in [1.82, 2.24) is 5.32 Å². The number of thioether (sulfide) groups is 1. The molecule has 0 aliphatic carbocycles. The minimum atomic E-state index is -0.254. The van der Waals surface area contributed by atoms with Crippen molar-refractivity contribution in [3.05, 3.63) is 30.1 Å². The molecular weight excluding hydrogens is 281 g/mol. The summed E-state index contributed by atoms with van der Waals surface area (Å²) in [6.07, 6.45) is 1.16. The van der Waals surface area contributed by atoms with E-state index in [-0.39, 0.29) is 18.3 Å². The number of rotatable bonds is 10. The summed E-state index contributed by atoms with van der Waals surface area (Å²) >= 11 is 1.53. The molecule has 0 aliphatic heterocycles. The molecule has 1 aromatic rings. The molecule has 2 N–H and O–H groups in total. The Morgan fingerprint density at radius 3 is 2.75 bits per heavy atom. The maximum atomic E-state index is 12.7. The van der Waals surface area contributed by atoms with Gasteiger partial charge in [0.15, 0.2) is 0 Å². The summed E-state index contributed by atoms with van der Waals surface area (Å²) in [6.45, 7) is 1.46. The number of aliphatic hydroxyl groups excluding tert-OH is 1. The van der Waals surface area contributed by atoms with Crippen LogP contribution in [0.25, 0.3) is 0 Å². The molecule has 112 valence electrons. The summed E-state index contributed by atoms with van der Waals surface area (Å²) < 4.78 is 17.8. The van der Waals surface area contributed by atoms with Crippen LogP contribution in [0.5, 0.6) is 0 Å². The van der Waals surface area contributed by atoms with Gasteiger partial charge in [0.1, 0.15) is 5.82 Å². The first-order chi connectivity index (χ1) is 9.72. The third-order valence-corrected chi connectivity index (χ3v) is 3.45. The van der Waals surface area contributed by atoms with Crippen LogP contribution < -0.4 is 5.32 Å². The van der Waals surface area contributed by atoms with Gasteiger partial charge in [0, 0.05) is 30.2 Å². The Bertz CT molecular complexity index is 387. The Labute approximate surface area is 122 Å². The van der Waals surface area contributed by atoms with E-state index in [1.807, 2.05) is 0 Å². The molecule has 0 saturated carbocycles. The van der Waals surface area contributed by atoms with E-state index >= 15 is 0 Å². The largest absolute Gasteiger partial charge is 0.394 e. The smallest absolute Gasteiger partial charge is 0.220 e. The summed E-state index contributed by atoms with van der Waals surface area (Å²) in [5, 5.41) is 11.3. The number of aliphatic hydroxyl groups is 1. The first-order valence-electron chi connectivity index (χ1n) is 6.56. The molecular formula is C14H20FNO3S. The Balaban J connectivity index is 2.01. The van der Waals surface area contributed by atoms with E-state index in [4.69, 9.17) is 9.84 Å². The molecule has 1 rings (SSSR count). The Morgan fingerprint density at radius 2 is 2.05 bits per heavy atom. The van der Waals surface area contributed by atoms with Crippen LogP contribution >= 0.6 is 11.8 Å². The molecule has 0 heterocycles. The molecule has 1 amide bonds. The van der Waals surface area contributed by atoms with Gasteiger partial charge in [-0.05, 0) is 30.7 Å². The standard InChI is InChI=1S/C14H20FNO3S/c15-12-2-4-13(5-3-12)20-11-6-14(18)16-7-1-9-19-10-8-17/h2-5,17H,1,6-11H2,(H,16,18). The minimum Gasteiger partial charge on any atom is -0.394 e. The molecule has 0 aliphatic rings. The van der Waals surface area contributed by atoms with Gasteiger partial charge < -0.3 is 15.2 Å². The average Bonchev–Trinajstić information content (AvgIpc) is 2.45. The zero-order chi connectivity index (χ0) is 14.6. The second kappa shape index (κ2) is 10.7. The predicted octanol–water partition coefficient (Wildman–Crippen LogP) is 1.82. The van der Waals surface area contributed by atoms with E-state index in [1.54, 1.807) is 12.1 Å². The molecule has 0 saturated heterocycles. The highest BCUT2D eigenvalue weighted by molar-refractivity contribution is 7.99. The monoisotopic (exact) mass is 301 g/mol. The van der Waals surface area contributed by atoms with Crippen LogP contribution in [0.3, 0.4) is 0 Å². The third kappa shape index (κ3) is 8.14. The van der Waals surface area contributed by atoms with Crippen LogP contribution in [0, 0.1) is 5.82 Å². The molecule has 1 aromatic carbocycles. The number of nitrogens with one attached hydrogen (secondary N) is 1. The van der Waals surface area contributed by atoms with Crippen molar-refractivity contribution in [2.24, 2.45) is 0 Å². The second-order valence-electron chi connectivity index (χ2n) is 4.09. The predicted molar refractivity (Wildman–Crippen MR) is 77.3 cm³/mol. The van der Waals surface area contributed by atoms with Crippen LogP contribution in [0.1, 0.15) is 12.8 Å². The number of amides is 1. The van der Waals surface area contributed by atoms with E-state index in [0.29, 0.717) is 31.9 Å². The van der Waals surface area contributed by atoms with E-state index < -0.39 is 0 Å². The summed E-state index contributed by atoms with van der Waals surface area (Å²) in [7, 11) is 0. The Morgan fingerprint density at radius 1 is 1.30 bits per heavy atom. The van der Waals surface area contributed by atoms with Crippen LogP contribution in [0.15, 0.2) is 29.2 Å². The van der Waals surface area contributed by atoms with Gasteiger partial charge in [0.2, 0.25) is 5.91 Å². The van der Waals surface area contributed by atoms with E-state index in [2.05, 4.69) is 5.32 Å². The van der Waals surface area contributed by atoms with Crippen molar-refractivity contribution < 1.29 is 19.0 Å². The maximum absolute atomic E-state index is 12.7. The average molecular weight is 301 g/mol. The SMILES string of the molecule is O=C(CCSc1ccc(F)cc1)NCCCOCCO. The maximum Gasteiger partial charge on any atom is 0.220 e. The number of carbonyl (C=O) groups is 1. The molecule has 0 atom stereocenters. The third-order valence-electron chi connectivity index (χ3n) is 2.43. The van der Waals surface area contributed by atoms with Gasteiger partial charge in [-0.1, -0.05) is 0 Å². The Kier molecular flexibility index (Phi) is 9.02. The minimum absolute atomic E-state index is 0.00164. The van der Waals surface area contributed by atoms with Gasteiger partial charge in [0.25, 0.3) is 0 Å². The highest BCUT2D eigenvalue weighted by Crippen LogP contribution is 2.18. The van der Waals surface area contributed by atoms with Gasteiger partial charge in [0.05, 0.1) is 13.2 Å². The molecule has 0 spiro atoms. The van der Waals surface area contributed by atoms with Crippen molar-refractivity contribution in [2.75, 3.05) is 32.1 Å². The summed E-state index contributed by atoms with van der Waals surface area (Å²) in [5.74, 6) is 0.413. The molecule has 20 heavy (non-hydrogen) atoms. The van der Waals surface area contributed by atoms with Gasteiger partial charge in [-0.2, -0.15) is 0 Å². The van der Waals surface area contributed by atoms with Crippen molar-refractivity contribution in [1.29, 1.82) is 0 Å². The first kappa shape index (κ1) is 16.9. The molecule has 6 heteroatoms. The summed E-state index contributed by atoms with van der Waals surface area (Å²) in [6, 6.07) is 6.23. The Hall–Kier alpha value is -1.11. The molecule has 0 aromatic heterocycles. The van der Waals surface area contributed by atoms with Crippen LogP contribution in [0.2, 0.25) is 0 Å². The fraction of sp³-hybridized carbons (Fsp3) is 0.500. The number of hydrogen-bond acceptors (Lipinski definition) is 4. The van der Waals surface area contributed by atoms with Crippen molar-refractivity contribution in [3.8, 4) is 0 Å². The molecule has 4 nitrogen and oxygen atoms in total. The lowest BCUT2D eigenvalue weighted by molar-refractivity contribution is -0.120. The highest BCUT2D eigenvalue weighted by atomic mass is 32.2. The summed E-state index contributed by atoms with van der Waals surface area (Å²) in [4.78, 5) is 12.5. The van der Waals surface area contributed by atoms with E-state index in [1.165, 1.54) is 23.9 Å². The zero-order valence-corrected chi connectivity index (χ0v) is 12.1. The molecule has 0 unspecified atom stereocenters. The normalized spacial score (nSPS) is 10.5. The number of benzene rings is 1. The van der Waals surface area contributed by atoms with Gasteiger partial charge in [-0.3, -0.25) is 4.79 Å². The zero-order valence-electron chi connectivity index (χ0n) is 11.3. The number of hydrogen-bond donors (Lipinski definition) is 2. The van der Waals surface area contributed by atoms with Gasteiger partial charge >= 0.3 is 0 Å². The van der Waals surface area contributed by atoms with E-state index in [0.717, 1.165) is 11.3 Å².